The number of benzene rings is 1. The lowest BCUT2D eigenvalue weighted by molar-refractivity contribution is 0.0563. The maximum atomic E-state index is 12.5. The van der Waals surface area contributed by atoms with Gasteiger partial charge in [-0.05, 0) is 50.4 Å². The standard InChI is InChI=1S/C14H20N2O3/c1-9-2-3-10(7-15)8-16(9)14(19)12-6-11(17)4-5-13(12)18/h4-6,9-10,17-18H,2-3,7-8,15H2,1H3. The molecule has 5 nitrogen and oxygen atoms in total. The number of nitrogens with two attached hydrogens (primary N) is 1. The molecule has 1 amide bonds. The summed E-state index contributed by atoms with van der Waals surface area (Å²) in [6.45, 7) is 3.15. The number of phenolic OH excluding ortho intramolecular Hbond substituents is 2. The number of aromatic hydroxyl groups is 2. The maximum absolute atomic E-state index is 12.5. The number of hydrogen-bond acceptors (Lipinski definition) is 4. The number of piperidine rings is 1. The van der Waals surface area contributed by atoms with Crippen LogP contribution in [0.4, 0.5) is 0 Å². The van der Waals surface area contributed by atoms with E-state index >= 15 is 0 Å². The number of phenols is 2. The molecule has 5 heteroatoms. The van der Waals surface area contributed by atoms with E-state index in [-0.39, 0.29) is 29.0 Å². The minimum Gasteiger partial charge on any atom is -0.508 e. The molecule has 1 aliphatic rings. The third-order valence-electron chi connectivity index (χ3n) is 3.78. The Kier molecular flexibility index (Phi) is 3.95. The summed E-state index contributed by atoms with van der Waals surface area (Å²) in [5.41, 5.74) is 5.82. The summed E-state index contributed by atoms with van der Waals surface area (Å²) in [6.07, 6.45) is 1.93. The lowest BCUT2D eigenvalue weighted by Gasteiger charge is -2.37. The molecule has 0 radical (unpaired) electrons. The Bertz CT molecular complexity index is 476. The van der Waals surface area contributed by atoms with E-state index in [0.717, 1.165) is 12.8 Å². The van der Waals surface area contributed by atoms with Crippen LogP contribution < -0.4 is 5.73 Å². The van der Waals surface area contributed by atoms with Crippen molar-refractivity contribution < 1.29 is 15.0 Å². The van der Waals surface area contributed by atoms with Crippen molar-refractivity contribution in [2.24, 2.45) is 11.7 Å². The molecule has 1 aromatic rings. The molecule has 0 saturated carbocycles. The van der Waals surface area contributed by atoms with E-state index in [9.17, 15) is 15.0 Å². The zero-order valence-electron chi connectivity index (χ0n) is 11.0. The Labute approximate surface area is 112 Å². The van der Waals surface area contributed by atoms with Crippen molar-refractivity contribution in [1.29, 1.82) is 0 Å². The molecule has 1 fully saturated rings. The monoisotopic (exact) mass is 264 g/mol. The summed E-state index contributed by atoms with van der Waals surface area (Å²) in [6, 6.07) is 4.11. The van der Waals surface area contributed by atoms with Gasteiger partial charge in [0.1, 0.15) is 11.5 Å². The number of rotatable bonds is 2. The first kappa shape index (κ1) is 13.7. The first-order chi connectivity index (χ1) is 9.02. The molecule has 0 bridgehead atoms. The summed E-state index contributed by atoms with van der Waals surface area (Å²) in [7, 11) is 0. The highest BCUT2D eigenvalue weighted by atomic mass is 16.3. The molecule has 104 valence electrons. The smallest absolute Gasteiger partial charge is 0.257 e. The van der Waals surface area contributed by atoms with Crippen LogP contribution in [-0.2, 0) is 0 Å². The van der Waals surface area contributed by atoms with Crippen molar-refractivity contribution in [1.82, 2.24) is 4.90 Å². The topological polar surface area (TPSA) is 86.8 Å². The lowest BCUT2D eigenvalue weighted by Crippen LogP contribution is -2.47. The van der Waals surface area contributed by atoms with Gasteiger partial charge >= 0.3 is 0 Å². The fourth-order valence-electron chi connectivity index (χ4n) is 2.51. The second-order valence-electron chi connectivity index (χ2n) is 5.19. The SMILES string of the molecule is CC1CCC(CN)CN1C(=O)c1cc(O)ccc1O. The van der Waals surface area contributed by atoms with E-state index in [0.29, 0.717) is 19.0 Å². The Hall–Kier alpha value is -1.75. The van der Waals surface area contributed by atoms with Crippen molar-refractivity contribution in [3.05, 3.63) is 23.8 Å². The fraction of sp³-hybridized carbons (Fsp3) is 0.500. The van der Waals surface area contributed by atoms with Gasteiger partial charge in [0.15, 0.2) is 0 Å². The molecule has 2 rings (SSSR count). The van der Waals surface area contributed by atoms with Crippen LogP contribution in [-0.4, -0.2) is 40.2 Å². The zero-order chi connectivity index (χ0) is 14.0. The summed E-state index contributed by atoms with van der Waals surface area (Å²) in [5, 5.41) is 19.2. The molecule has 0 aromatic heterocycles. The van der Waals surface area contributed by atoms with Gasteiger partial charge < -0.3 is 20.8 Å². The normalized spacial score (nSPS) is 23.4. The van der Waals surface area contributed by atoms with Gasteiger partial charge in [-0.2, -0.15) is 0 Å². The van der Waals surface area contributed by atoms with E-state index in [1.54, 1.807) is 4.90 Å². The molecule has 1 heterocycles. The third-order valence-corrected chi connectivity index (χ3v) is 3.78. The first-order valence-electron chi connectivity index (χ1n) is 6.56. The van der Waals surface area contributed by atoms with Gasteiger partial charge in [-0.15, -0.1) is 0 Å². The molecule has 1 aromatic carbocycles. The van der Waals surface area contributed by atoms with Crippen LogP contribution in [0.1, 0.15) is 30.1 Å². The molecule has 1 aliphatic heterocycles. The first-order valence-corrected chi connectivity index (χ1v) is 6.56. The Morgan fingerprint density at radius 1 is 1.42 bits per heavy atom. The van der Waals surface area contributed by atoms with Gasteiger partial charge in [0.2, 0.25) is 0 Å². The Morgan fingerprint density at radius 2 is 2.16 bits per heavy atom. The average molecular weight is 264 g/mol. The van der Waals surface area contributed by atoms with Crippen molar-refractivity contribution in [3.63, 3.8) is 0 Å². The van der Waals surface area contributed by atoms with Crippen LogP contribution in [0.3, 0.4) is 0 Å². The predicted octanol–water partition coefficient (Wildman–Crippen LogP) is 1.30. The number of hydrogen-bond donors (Lipinski definition) is 3. The van der Waals surface area contributed by atoms with Gasteiger partial charge in [-0.3, -0.25) is 4.79 Å². The van der Waals surface area contributed by atoms with Crippen LogP contribution >= 0.6 is 0 Å². The molecular weight excluding hydrogens is 244 g/mol. The average Bonchev–Trinajstić information content (AvgIpc) is 2.41. The number of amides is 1. The summed E-state index contributed by atoms with van der Waals surface area (Å²) >= 11 is 0. The lowest BCUT2D eigenvalue weighted by atomic mass is 9.93. The second-order valence-corrected chi connectivity index (χ2v) is 5.19. The van der Waals surface area contributed by atoms with E-state index in [1.165, 1.54) is 18.2 Å². The highest BCUT2D eigenvalue weighted by Crippen LogP contribution is 2.28. The summed E-state index contributed by atoms with van der Waals surface area (Å²) in [5.74, 6) is -0.0790. The van der Waals surface area contributed by atoms with Gasteiger partial charge in [0, 0.05) is 12.6 Å². The van der Waals surface area contributed by atoms with Crippen LogP contribution in [0.2, 0.25) is 0 Å². The third kappa shape index (κ3) is 2.81. The molecular formula is C14H20N2O3. The van der Waals surface area contributed by atoms with Crippen LogP contribution in [0, 0.1) is 5.92 Å². The molecule has 0 spiro atoms. The fourth-order valence-corrected chi connectivity index (χ4v) is 2.51. The molecule has 4 N–H and O–H groups in total. The van der Waals surface area contributed by atoms with Gasteiger partial charge in [-0.25, -0.2) is 0 Å². The number of likely N-dealkylation sites (tertiary alicyclic amines) is 1. The highest BCUT2D eigenvalue weighted by Gasteiger charge is 2.30. The molecule has 2 unspecified atom stereocenters. The van der Waals surface area contributed by atoms with Gasteiger partial charge in [-0.1, -0.05) is 0 Å². The van der Waals surface area contributed by atoms with Crippen molar-refractivity contribution in [3.8, 4) is 11.5 Å². The van der Waals surface area contributed by atoms with E-state index < -0.39 is 0 Å². The highest BCUT2D eigenvalue weighted by molar-refractivity contribution is 5.97. The molecule has 2 atom stereocenters. The van der Waals surface area contributed by atoms with Crippen molar-refractivity contribution in [2.75, 3.05) is 13.1 Å². The molecule has 0 aliphatic carbocycles. The van der Waals surface area contributed by atoms with E-state index in [2.05, 4.69) is 0 Å². The van der Waals surface area contributed by atoms with Gasteiger partial charge in [0.05, 0.1) is 5.56 Å². The second kappa shape index (κ2) is 5.48. The minimum absolute atomic E-state index is 0.0267. The molecule has 19 heavy (non-hydrogen) atoms. The van der Waals surface area contributed by atoms with E-state index in [4.69, 9.17) is 5.73 Å². The predicted molar refractivity (Wildman–Crippen MR) is 72.0 cm³/mol. The number of nitrogens with zero attached hydrogens (tertiary/aromatic N) is 1. The Morgan fingerprint density at radius 3 is 2.84 bits per heavy atom. The minimum atomic E-state index is -0.251. The van der Waals surface area contributed by atoms with E-state index in [1.807, 2.05) is 6.92 Å². The van der Waals surface area contributed by atoms with Crippen molar-refractivity contribution >= 4 is 5.91 Å². The zero-order valence-corrected chi connectivity index (χ0v) is 11.0. The molecule has 1 saturated heterocycles. The maximum Gasteiger partial charge on any atom is 0.257 e. The van der Waals surface area contributed by atoms with Crippen molar-refractivity contribution in [2.45, 2.75) is 25.8 Å². The Balaban J connectivity index is 2.24. The summed E-state index contributed by atoms with van der Waals surface area (Å²) < 4.78 is 0. The quantitative estimate of drug-likeness (QED) is 0.703. The van der Waals surface area contributed by atoms with Crippen LogP contribution in [0.5, 0.6) is 11.5 Å². The summed E-state index contributed by atoms with van der Waals surface area (Å²) in [4.78, 5) is 14.2. The number of carbonyl (C=O) groups is 1. The van der Waals surface area contributed by atoms with Crippen LogP contribution in [0.25, 0.3) is 0 Å². The van der Waals surface area contributed by atoms with Gasteiger partial charge in [0.25, 0.3) is 5.91 Å². The number of carbonyl (C=O) groups excluding carboxylic acids is 1. The largest absolute Gasteiger partial charge is 0.508 e. The van der Waals surface area contributed by atoms with Crippen LogP contribution in [0.15, 0.2) is 18.2 Å².